The quantitative estimate of drug-likeness (QED) is 0.900. The molecule has 0 bridgehead atoms. The summed E-state index contributed by atoms with van der Waals surface area (Å²) >= 11 is 0. The van der Waals surface area contributed by atoms with Crippen LogP contribution >= 0.6 is 0 Å². The summed E-state index contributed by atoms with van der Waals surface area (Å²) in [6.45, 7) is 4.32. The van der Waals surface area contributed by atoms with Gasteiger partial charge >= 0.3 is 0 Å². The van der Waals surface area contributed by atoms with Gasteiger partial charge in [-0.05, 0) is 36.1 Å². The average Bonchev–Trinajstić information content (AvgIpc) is 2.62. The molecular weight excluding hydrogens is 322 g/mol. The third-order valence-electron chi connectivity index (χ3n) is 4.82. The molecule has 0 aliphatic carbocycles. The van der Waals surface area contributed by atoms with Crippen molar-refractivity contribution in [2.24, 2.45) is 0 Å². The second-order valence-corrected chi connectivity index (χ2v) is 6.39. The standard InChI is InChI=1S/C20H22F2N2O/c1-2-17(24-10-9-14-5-3-4-6-15(14)13-24)12-23-20(25)18-8-7-16(21)11-19(18)22/h3-8,11,17H,2,9-10,12-13H2,1H3,(H,23,25)/t17-/m1/s1. The van der Waals surface area contributed by atoms with Crippen LogP contribution in [-0.2, 0) is 13.0 Å². The first kappa shape index (κ1) is 17.5. The molecule has 3 nitrogen and oxygen atoms in total. The molecule has 1 atom stereocenters. The molecule has 0 unspecified atom stereocenters. The minimum absolute atomic E-state index is 0.125. The number of amides is 1. The average molecular weight is 344 g/mol. The van der Waals surface area contributed by atoms with Gasteiger partial charge in [0.05, 0.1) is 5.56 Å². The monoisotopic (exact) mass is 344 g/mol. The van der Waals surface area contributed by atoms with Gasteiger partial charge in [0.1, 0.15) is 11.6 Å². The summed E-state index contributed by atoms with van der Waals surface area (Å²) in [5, 5.41) is 2.79. The number of nitrogens with zero attached hydrogens (tertiary/aromatic N) is 1. The Morgan fingerprint density at radius 3 is 2.68 bits per heavy atom. The highest BCUT2D eigenvalue weighted by atomic mass is 19.1. The van der Waals surface area contributed by atoms with E-state index in [1.54, 1.807) is 0 Å². The lowest BCUT2D eigenvalue weighted by Crippen LogP contribution is -2.45. The van der Waals surface area contributed by atoms with Crippen molar-refractivity contribution in [2.45, 2.75) is 32.4 Å². The Bertz CT molecular complexity index is 763. The van der Waals surface area contributed by atoms with Crippen molar-refractivity contribution in [1.82, 2.24) is 10.2 Å². The van der Waals surface area contributed by atoms with Crippen LogP contribution in [0.4, 0.5) is 8.78 Å². The van der Waals surface area contributed by atoms with Crippen molar-refractivity contribution < 1.29 is 13.6 Å². The molecule has 5 heteroatoms. The van der Waals surface area contributed by atoms with E-state index < -0.39 is 17.5 Å². The van der Waals surface area contributed by atoms with Crippen LogP contribution in [0.2, 0.25) is 0 Å². The molecule has 0 spiro atoms. The molecule has 0 fully saturated rings. The highest BCUT2D eigenvalue weighted by Crippen LogP contribution is 2.21. The summed E-state index contributed by atoms with van der Waals surface area (Å²) in [5.74, 6) is -2.03. The molecule has 0 radical (unpaired) electrons. The number of carbonyl (C=O) groups is 1. The number of rotatable bonds is 5. The highest BCUT2D eigenvalue weighted by molar-refractivity contribution is 5.94. The van der Waals surface area contributed by atoms with E-state index in [1.807, 2.05) is 6.07 Å². The highest BCUT2D eigenvalue weighted by Gasteiger charge is 2.23. The summed E-state index contributed by atoms with van der Waals surface area (Å²) in [7, 11) is 0. The largest absolute Gasteiger partial charge is 0.350 e. The van der Waals surface area contributed by atoms with Crippen molar-refractivity contribution >= 4 is 5.91 Å². The van der Waals surface area contributed by atoms with Crippen molar-refractivity contribution in [3.8, 4) is 0 Å². The second-order valence-electron chi connectivity index (χ2n) is 6.39. The zero-order valence-corrected chi connectivity index (χ0v) is 14.3. The van der Waals surface area contributed by atoms with Crippen molar-refractivity contribution in [3.63, 3.8) is 0 Å². The summed E-state index contributed by atoms with van der Waals surface area (Å²) in [5.41, 5.74) is 2.58. The smallest absolute Gasteiger partial charge is 0.254 e. The van der Waals surface area contributed by atoms with Gasteiger partial charge in [-0.2, -0.15) is 0 Å². The van der Waals surface area contributed by atoms with Crippen LogP contribution in [0.5, 0.6) is 0 Å². The summed E-state index contributed by atoms with van der Waals surface area (Å²) in [4.78, 5) is 14.5. The molecule has 1 heterocycles. The van der Waals surface area contributed by atoms with Crippen LogP contribution in [0.1, 0.15) is 34.8 Å². The fourth-order valence-electron chi connectivity index (χ4n) is 3.34. The molecule has 1 aliphatic rings. The van der Waals surface area contributed by atoms with Gasteiger partial charge in [-0.15, -0.1) is 0 Å². The first-order valence-corrected chi connectivity index (χ1v) is 8.62. The number of carbonyl (C=O) groups excluding carboxylic acids is 1. The minimum atomic E-state index is -0.836. The van der Waals surface area contributed by atoms with Gasteiger partial charge in [0, 0.05) is 31.7 Å². The Kier molecular flexibility index (Phi) is 5.43. The molecule has 25 heavy (non-hydrogen) atoms. The van der Waals surface area contributed by atoms with Crippen LogP contribution in [-0.4, -0.2) is 29.9 Å². The zero-order valence-electron chi connectivity index (χ0n) is 14.3. The maximum Gasteiger partial charge on any atom is 0.254 e. The van der Waals surface area contributed by atoms with E-state index in [4.69, 9.17) is 0 Å². The third-order valence-corrected chi connectivity index (χ3v) is 4.82. The van der Waals surface area contributed by atoms with E-state index in [9.17, 15) is 13.6 Å². The lowest BCUT2D eigenvalue weighted by molar-refractivity contribution is 0.0922. The molecule has 2 aromatic carbocycles. The molecular formula is C20H22F2N2O. The molecule has 1 N–H and O–H groups in total. The topological polar surface area (TPSA) is 32.3 Å². The van der Waals surface area contributed by atoms with Crippen LogP contribution in [0.15, 0.2) is 42.5 Å². The molecule has 1 aliphatic heterocycles. The van der Waals surface area contributed by atoms with E-state index in [0.717, 1.165) is 38.1 Å². The van der Waals surface area contributed by atoms with Gasteiger partial charge in [0.25, 0.3) is 5.91 Å². The van der Waals surface area contributed by atoms with Crippen LogP contribution in [0, 0.1) is 11.6 Å². The van der Waals surface area contributed by atoms with Crippen molar-refractivity contribution in [1.29, 1.82) is 0 Å². The van der Waals surface area contributed by atoms with Gasteiger partial charge in [0.15, 0.2) is 0 Å². The van der Waals surface area contributed by atoms with Gasteiger partial charge in [-0.1, -0.05) is 31.2 Å². The number of halogens is 2. The van der Waals surface area contributed by atoms with Gasteiger partial charge in [0.2, 0.25) is 0 Å². The first-order valence-electron chi connectivity index (χ1n) is 8.62. The van der Waals surface area contributed by atoms with Gasteiger partial charge < -0.3 is 5.32 Å². The number of hydrogen-bond donors (Lipinski definition) is 1. The molecule has 0 saturated carbocycles. The molecule has 132 valence electrons. The number of hydrogen-bond acceptors (Lipinski definition) is 2. The molecule has 2 aromatic rings. The Labute approximate surface area is 146 Å². The molecule has 1 amide bonds. The SMILES string of the molecule is CC[C@H](CNC(=O)c1ccc(F)cc1F)N1CCc2ccccc2C1. The minimum Gasteiger partial charge on any atom is -0.350 e. The second kappa shape index (κ2) is 7.74. The predicted molar refractivity (Wildman–Crippen MR) is 93.3 cm³/mol. The van der Waals surface area contributed by atoms with E-state index >= 15 is 0 Å². The maximum atomic E-state index is 13.7. The maximum absolute atomic E-state index is 13.7. The summed E-state index contributed by atoms with van der Waals surface area (Å²) in [6.07, 6.45) is 1.88. The Morgan fingerprint density at radius 1 is 1.20 bits per heavy atom. The van der Waals surface area contributed by atoms with Gasteiger partial charge in [-0.3, -0.25) is 9.69 Å². The normalized spacial score (nSPS) is 15.5. The summed E-state index contributed by atoms with van der Waals surface area (Å²) < 4.78 is 26.7. The summed E-state index contributed by atoms with van der Waals surface area (Å²) in [6, 6.07) is 11.6. The lowest BCUT2D eigenvalue weighted by atomic mass is 9.98. The van der Waals surface area contributed by atoms with E-state index in [-0.39, 0.29) is 11.6 Å². The Morgan fingerprint density at radius 2 is 1.96 bits per heavy atom. The van der Waals surface area contributed by atoms with E-state index in [1.165, 1.54) is 17.2 Å². The zero-order chi connectivity index (χ0) is 17.8. The Balaban J connectivity index is 1.62. The number of benzene rings is 2. The number of fused-ring (bicyclic) bond motifs is 1. The van der Waals surface area contributed by atoms with E-state index in [0.29, 0.717) is 6.54 Å². The third kappa shape index (κ3) is 4.04. The molecule has 3 rings (SSSR count). The fraction of sp³-hybridized carbons (Fsp3) is 0.350. The van der Waals surface area contributed by atoms with Crippen LogP contribution in [0.25, 0.3) is 0 Å². The van der Waals surface area contributed by atoms with Crippen LogP contribution in [0.3, 0.4) is 0 Å². The lowest BCUT2D eigenvalue weighted by Gasteiger charge is -2.35. The molecule has 0 aromatic heterocycles. The van der Waals surface area contributed by atoms with E-state index in [2.05, 4.69) is 35.3 Å². The van der Waals surface area contributed by atoms with Gasteiger partial charge in [-0.25, -0.2) is 8.78 Å². The van der Waals surface area contributed by atoms with Crippen molar-refractivity contribution in [2.75, 3.05) is 13.1 Å². The van der Waals surface area contributed by atoms with Crippen molar-refractivity contribution in [3.05, 3.63) is 70.8 Å². The predicted octanol–water partition coefficient (Wildman–Crippen LogP) is 3.53. The first-order chi connectivity index (χ1) is 12.1. The van der Waals surface area contributed by atoms with Crippen LogP contribution < -0.4 is 5.32 Å². The number of nitrogens with one attached hydrogen (secondary N) is 1. The molecule has 0 saturated heterocycles. The fourth-order valence-corrected chi connectivity index (χ4v) is 3.34. The Hall–Kier alpha value is -2.27.